The lowest BCUT2D eigenvalue weighted by Gasteiger charge is -2.18. The SMILES string of the molecule is CCCCC/C=C\C=C\C(=O)CCCCCCCC(=O)O[C@H](COC(C)=O)COP(=O)(O)O. The second kappa shape index (κ2) is 19.6. The number of ether oxygens (including phenoxy) is 2. The Hall–Kier alpha value is -1.80. The van der Waals surface area contributed by atoms with Gasteiger partial charge in [-0.05, 0) is 31.8 Å². The fourth-order valence-electron chi connectivity index (χ4n) is 2.78. The van der Waals surface area contributed by atoms with E-state index < -0.39 is 32.5 Å². The number of phosphoric acid groups is 1. The molecule has 10 heteroatoms. The molecule has 0 saturated heterocycles. The molecule has 0 fully saturated rings. The van der Waals surface area contributed by atoms with E-state index in [1.54, 1.807) is 12.2 Å². The maximum atomic E-state index is 11.9. The Morgan fingerprint density at radius 2 is 1.58 bits per heavy atom. The van der Waals surface area contributed by atoms with Crippen LogP contribution in [0.2, 0.25) is 0 Å². The molecule has 0 aliphatic rings. The summed E-state index contributed by atoms with van der Waals surface area (Å²) in [5.74, 6) is -1.07. The normalized spacial score (nSPS) is 12.8. The highest BCUT2D eigenvalue weighted by atomic mass is 31.2. The standard InChI is InChI=1S/C23H39O9P/c1-3-4-5-6-7-9-12-15-21(25)16-13-10-8-11-14-17-23(26)32-22(18-30-20(2)24)19-31-33(27,28)29/h7,9,12,15,22H,3-6,8,10-11,13-14,16-19H2,1-2H3,(H2,27,28,29)/b9-7-,15-12+/t22-/m1/s1. The lowest BCUT2D eigenvalue weighted by Crippen LogP contribution is -2.29. The first-order valence-corrected chi connectivity index (χ1v) is 13.1. The molecule has 0 aromatic carbocycles. The van der Waals surface area contributed by atoms with Crippen LogP contribution in [0.25, 0.3) is 0 Å². The van der Waals surface area contributed by atoms with Gasteiger partial charge in [0.2, 0.25) is 0 Å². The second-order valence-electron chi connectivity index (χ2n) is 7.72. The number of hydrogen-bond donors (Lipinski definition) is 2. The molecule has 0 aromatic heterocycles. The van der Waals surface area contributed by atoms with E-state index in [1.807, 2.05) is 6.08 Å². The van der Waals surface area contributed by atoms with Crippen LogP contribution < -0.4 is 0 Å². The van der Waals surface area contributed by atoms with E-state index in [-0.39, 0.29) is 18.8 Å². The van der Waals surface area contributed by atoms with Gasteiger partial charge in [-0.15, -0.1) is 0 Å². The van der Waals surface area contributed by atoms with E-state index in [4.69, 9.17) is 19.3 Å². The number of carbonyl (C=O) groups excluding carboxylic acids is 3. The number of carbonyl (C=O) groups is 3. The van der Waals surface area contributed by atoms with Gasteiger partial charge in [-0.3, -0.25) is 18.9 Å². The summed E-state index contributed by atoms with van der Waals surface area (Å²) < 4.78 is 24.9. The van der Waals surface area contributed by atoms with Gasteiger partial charge in [0.25, 0.3) is 0 Å². The molecular formula is C23H39O9P. The number of esters is 2. The summed E-state index contributed by atoms with van der Waals surface area (Å²) in [6, 6.07) is 0. The molecule has 0 aliphatic heterocycles. The molecule has 190 valence electrons. The average Bonchev–Trinajstić information content (AvgIpc) is 2.73. The molecule has 9 nitrogen and oxygen atoms in total. The molecule has 0 aromatic rings. The van der Waals surface area contributed by atoms with Crippen LogP contribution in [0, 0.1) is 0 Å². The summed E-state index contributed by atoms with van der Waals surface area (Å²) in [4.78, 5) is 52.1. The smallest absolute Gasteiger partial charge is 0.462 e. The molecule has 0 saturated carbocycles. The number of rotatable bonds is 20. The van der Waals surface area contributed by atoms with E-state index in [2.05, 4.69) is 17.5 Å². The molecule has 0 spiro atoms. The summed E-state index contributed by atoms with van der Waals surface area (Å²) in [5.41, 5.74) is 0. The Labute approximate surface area is 196 Å². The first-order valence-electron chi connectivity index (χ1n) is 11.5. The summed E-state index contributed by atoms with van der Waals surface area (Å²) >= 11 is 0. The van der Waals surface area contributed by atoms with Crippen molar-refractivity contribution in [2.45, 2.75) is 90.6 Å². The number of ketones is 1. The van der Waals surface area contributed by atoms with Crippen LogP contribution in [0.5, 0.6) is 0 Å². The van der Waals surface area contributed by atoms with Gasteiger partial charge in [-0.2, -0.15) is 0 Å². The third-order valence-corrected chi connectivity index (χ3v) is 4.99. The second-order valence-corrected chi connectivity index (χ2v) is 8.96. The van der Waals surface area contributed by atoms with Gasteiger partial charge < -0.3 is 19.3 Å². The van der Waals surface area contributed by atoms with E-state index in [0.717, 1.165) is 32.1 Å². The third-order valence-electron chi connectivity index (χ3n) is 4.51. The summed E-state index contributed by atoms with van der Waals surface area (Å²) in [5, 5.41) is 0. The highest BCUT2D eigenvalue weighted by Crippen LogP contribution is 2.35. The number of hydrogen-bond acceptors (Lipinski definition) is 7. The Kier molecular flexibility index (Phi) is 18.6. The van der Waals surface area contributed by atoms with Gasteiger partial charge in [-0.1, -0.05) is 57.3 Å². The van der Waals surface area contributed by atoms with Crippen molar-refractivity contribution in [3.8, 4) is 0 Å². The molecule has 2 N–H and O–H groups in total. The topological polar surface area (TPSA) is 136 Å². The zero-order valence-electron chi connectivity index (χ0n) is 19.8. The minimum absolute atomic E-state index is 0.105. The summed E-state index contributed by atoms with van der Waals surface area (Å²) in [6.45, 7) is 2.40. The van der Waals surface area contributed by atoms with Crippen molar-refractivity contribution in [2.24, 2.45) is 0 Å². The van der Waals surface area contributed by atoms with Crippen LogP contribution >= 0.6 is 7.82 Å². The minimum Gasteiger partial charge on any atom is -0.462 e. The van der Waals surface area contributed by atoms with Crippen molar-refractivity contribution >= 4 is 25.5 Å². The van der Waals surface area contributed by atoms with Crippen LogP contribution in [0.3, 0.4) is 0 Å². The Balaban J connectivity index is 3.93. The molecule has 33 heavy (non-hydrogen) atoms. The van der Waals surface area contributed by atoms with Crippen molar-refractivity contribution < 1.29 is 42.7 Å². The first-order chi connectivity index (χ1) is 15.6. The largest absolute Gasteiger partial charge is 0.469 e. The number of phosphoric ester groups is 1. The van der Waals surface area contributed by atoms with Crippen molar-refractivity contribution in [3.05, 3.63) is 24.3 Å². The third kappa shape index (κ3) is 23.2. The highest BCUT2D eigenvalue weighted by Gasteiger charge is 2.22. The lowest BCUT2D eigenvalue weighted by atomic mass is 10.1. The fraction of sp³-hybridized carbons (Fsp3) is 0.696. The van der Waals surface area contributed by atoms with Gasteiger partial charge in [0.15, 0.2) is 11.9 Å². The van der Waals surface area contributed by atoms with Crippen LogP contribution in [0.15, 0.2) is 24.3 Å². The molecule has 1 atom stereocenters. The zero-order chi connectivity index (χ0) is 25.0. The molecule has 0 aliphatic carbocycles. The van der Waals surface area contributed by atoms with Crippen molar-refractivity contribution in [2.75, 3.05) is 13.2 Å². The molecule has 0 unspecified atom stereocenters. The maximum absolute atomic E-state index is 11.9. The van der Waals surface area contributed by atoms with Crippen molar-refractivity contribution in [1.29, 1.82) is 0 Å². The predicted molar refractivity (Wildman–Crippen MR) is 124 cm³/mol. The van der Waals surface area contributed by atoms with Crippen LogP contribution in [-0.4, -0.2) is 46.8 Å². The Bertz CT molecular complexity index is 667. The molecule has 0 radical (unpaired) electrons. The van der Waals surface area contributed by atoms with Crippen LogP contribution in [-0.2, 0) is 32.9 Å². The fourth-order valence-corrected chi connectivity index (χ4v) is 3.14. The predicted octanol–water partition coefficient (Wildman–Crippen LogP) is 4.56. The van der Waals surface area contributed by atoms with E-state index >= 15 is 0 Å². The molecule has 0 heterocycles. The van der Waals surface area contributed by atoms with Gasteiger partial charge >= 0.3 is 19.8 Å². The van der Waals surface area contributed by atoms with Gasteiger partial charge in [0.1, 0.15) is 6.61 Å². The first kappa shape index (κ1) is 31.2. The van der Waals surface area contributed by atoms with Crippen molar-refractivity contribution in [1.82, 2.24) is 0 Å². The van der Waals surface area contributed by atoms with E-state index in [0.29, 0.717) is 12.8 Å². The Morgan fingerprint density at radius 1 is 0.909 bits per heavy atom. The van der Waals surface area contributed by atoms with Gasteiger partial charge in [0, 0.05) is 19.8 Å². The Morgan fingerprint density at radius 3 is 2.21 bits per heavy atom. The molecular weight excluding hydrogens is 451 g/mol. The minimum atomic E-state index is -4.73. The number of unbranched alkanes of at least 4 members (excludes halogenated alkanes) is 7. The van der Waals surface area contributed by atoms with E-state index in [1.165, 1.54) is 26.2 Å². The van der Waals surface area contributed by atoms with Crippen molar-refractivity contribution in [3.63, 3.8) is 0 Å². The quantitative estimate of drug-likeness (QED) is 0.0827. The molecule has 0 bridgehead atoms. The van der Waals surface area contributed by atoms with Crippen LogP contribution in [0.4, 0.5) is 0 Å². The highest BCUT2D eigenvalue weighted by molar-refractivity contribution is 7.46. The van der Waals surface area contributed by atoms with Gasteiger partial charge in [-0.25, -0.2) is 4.57 Å². The lowest BCUT2D eigenvalue weighted by molar-refractivity contribution is -0.160. The average molecular weight is 491 g/mol. The molecule has 0 rings (SSSR count). The number of allylic oxidation sites excluding steroid dienone is 4. The molecule has 0 amide bonds. The zero-order valence-corrected chi connectivity index (χ0v) is 20.7. The summed E-state index contributed by atoms with van der Waals surface area (Å²) in [7, 11) is -4.73. The summed E-state index contributed by atoms with van der Waals surface area (Å²) in [6.07, 6.45) is 15.5. The van der Waals surface area contributed by atoms with Crippen LogP contribution in [0.1, 0.15) is 84.5 Å². The maximum Gasteiger partial charge on any atom is 0.469 e. The van der Waals surface area contributed by atoms with Gasteiger partial charge in [0.05, 0.1) is 6.61 Å². The monoisotopic (exact) mass is 490 g/mol. The van der Waals surface area contributed by atoms with E-state index in [9.17, 15) is 18.9 Å².